The summed E-state index contributed by atoms with van der Waals surface area (Å²) < 4.78 is 8.53. The number of nitrogens with one attached hydrogen (secondary N) is 1. The summed E-state index contributed by atoms with van der Waals surface area (Å²) in [5.74, 6) is 0.551. The minimum Gasteiger partial charge on any atom is -0.497 e. The highest BCUT2D eigenvalue weighted by atomic mass is 127. The number of methoxy groups -OCH3 is 1. The maximum absolute atomic E-state index is 13.6. The molecule has 8 nitrogen and oxygen atoms in total. The van der Waals surface area contributed by atoms with E-state index in [1.54, 1.807) is 26.1 Å². The van der Waals surface area contributed by atoms with Gasteiger partial charge in [-0.1, -0.05) is 28.7 Å². The number of carbonyl (C=O) groups excluding carboxylic acids is 2. The molecule has 2 aliphatic rings. The van der Waals surface area contributed by atoms with E-state index in [4.69, 9.17) is 4.74 Å². The lowest BCUT2D eigenvalue weighted by atomic mass is 10.00. The Morgan fingerprint density at radius 1 is 1.07 bits per heavy atom. The van der Waals surface area contributed by atoms with Crippen LogP contribution in [0.3, 0.4) is 0 Å². The first-order valence-corrected chi connectivity index (χ1v) is 15.7. The van der Waals surface area contributed by atoms with Gasteiger partial charge in [0.05, 0.1) is 17.7 Å². The molecule has 3 atom stereocenters. The maximum Gasteiger partial charge on any atom is 0.269 e. The fourth-order valence-electron chi connectivity index (χ4n) is 6.13. The number of aryl methyl sites for hydroxylation is 2. The SMILES string of the molecule is COc1cc(-c2cc(C(=O)N(C)C)n(C)c2)cc([C@@H](C)NC(=O)c2cc(N3C[C@H]4CC[C@@H](C3)N4CI)ccc2C)c1. The Kier molecular flexibility index (Phi) is 8.65. The second kappa shape index (κ2) is 12.1. The average Bonchev–Trinajstić information content (AvgIpc) is 3.47. The fourth-order valence-corrected chi connectivity index (χ4v) is 7.24. The molecule has 41 heavy (non-hydrogen) atoms. The van der Waals surface area contributed by atoms with Crippen LogP contribution in [0.25, 0.3) is 11.1 Å². The first-order chi connectivity index (χ1) is 19.6. The molecule has 2 saturated heterocycles. The number of anilines is 1. The van der Waals surface area contributed by atoms with Crippen molar-refractivity contribution in [3.8, 4) is 16.9 Å². The van der Waals surface area contributed by atoms with E-state index in [-0.39, 0.29) is 17.9 Å². The van der Waals surface area contributed by atoms with Gasteiger partial charge in [-0.15, -0.1) is 0 Å². The number of nitrogens with zero attached hydrogens (tertiary/aromatic N) is 4. The van der Waals surface area contributed by atoms with E-state index in [0.717, 1.165) is 45.6 Å². The number of halogens is 1. The highest BCUT2D eigenvalue weighted by molar-refractivity contribution is 14.1. The van der Waals surface area contributed by atoms with E-state index in [9.17, 15) is 9.59 Å². The number of hydrogen-bond donors (Lipinski definition) is 1. The van der Waals surface area contributed by atoms with Crippen molar-refractivity contribution in [3.63, 3.8) is 0 Å². The normalized spacial score (nSPS) is 19.2. The minimum absolute atomic E-state index is 0.0559. The van der Waals surface area contributed by atoms with Gasteiger partial charge in [0.15, 0.2) is 0 Å². The molecule has 0 aliphatic carbocycles. The number of ether oxygens (including phenoxy) is 1. The van der Waals surface area contributed by atoms with Crippen LogP contribution in [0.15, 0.2) is 48.7 Å². The largest absolute Gasteiger partial charge is 0.497 e. The number of rotatable bonds is 8. The van der Waals surface area contributed by atoms with E-state index >= 15 is 0 Å². The Labute approximate surface area is 256 Å². The smallest absolute Gasteiger partial charge is 0.269 e. The quantitative estimate of drug-likeness (QED) is 0.202. The van der Waals surface area contributed by atoms with Crippen LogP contribution < -0.4 is 15.0 Å². The summed E-state index contributed by atoms with van der Waals surface area (Å²) in [6, 6.07) is 15.1. The highest BCUT2D eigenvalue weighted by Crippen LogP contribution is 2.34. The van der Waals surface area contributed by atoms with Crippen molar-refractivity contribution < 1.29 is 14.3 Å². The lowest BCUT2D eigenvalue weighted by molar-refractivity contribution is 0.0818. The second-order valence-corrected chi connectivity index (χ2v) is 12.2. The first-order valence-electron chi connectivity index (χ1n) is 14.1. The Morgan fingerprint density at radius 2 is 1.78 bits per heavy atom. The molecule has 0 saturated carbocycles. The van der Waals surface area contributed by atoms with Crippen molar-refractivity contribution in [3.05, 3.63) is 71.0 Å². The lowest BCUT2D eigenvalue weighted by Crippen LogP contribution is -2.53. The van der Waals surface area contributed by atoms with Crippen molar-refractivity contribution in [2.75, 3.05) is 43.7 Å². The summed E-state index contributed by atoms with van der Waals surface area (Å²) in [5.41, 5.74) is 6.15. The van der Waals surface area contributed by atoms with Crippen molar-refractivity contribution in [1.29, 1.82) is 0 Å². The van der Waals surface area contributed by atoms with Gasteiger partial charge in [-0.05, 0) is 79.8 Å². The molecular formula is C32H40IN5O3. The Morgan fingerprint density at radius 3 is 2.41 bits per heavy atom. The van der Waals surface area contributed by atoms with Gasteiger partial charge < -0.3 is 24.4 Å². The molecule has 2 fully saturated rings. The first kappa shape index (κ1) is 29.4. The maximum atomic E-state index is 13.6. The second-order valence-electron chi connectivity index (χ2n) is 11.5. The van der Waals surface area contributed by atoms with Crippen molar-refractivity contribution >= 4 is 40.1 Å². The van der Waals surface area contributed by atoms with E-state index in [1.165, 1.54) is 12.8 Å². The third-order valence-electron chi connectivity index (χ3n) is 8.58. The summed E-state index contributed by atoms with van der Waals surface area (Å²) in [7, 11) is 7.00. The Hall–Kier alpha value is -3.05. The number of aromatic nitrogens is 1. The molecule has 1 N–H and O–H groups in total. The number of carbonyl (C=O) groups is 2. The molecule has 0 radical (unpaired) electrons. The predicted octanol–water partition coefficient (Wildman–Crippen LogP) is 5.25. The van der Waals surface area contributed by atoms with Crippen LogP contribution in [0.2, 0.25) is 0 Å². The number of fused-ring (bicyclic) bond motifs is 2. The number of amides is 2. The Bertz CT molecular complexity index is 1440. The van der Waals surface area contributed by atoms with Crippen LogP contribution in [0.5, 0.6) is 5.75 Å². The molecule has 1 aromatic heterocycles. The van der Waals surface area contributed by atoms with E-state index in [2.05, 4.69) is 62.0 Å². The fraction of sp³-hybridized carbons (Fsp3) is 0.438. The summed E-state index contributed by atoms with van der Waals surface area (Å²) >= 11 is 2.48. The topological polar surface area (TPSA) is 70.0 Å². The van der Waals surface area contributed by atoms with E-state index in [1.807, 2.05) is 49.9 Å². The van der Waals surface area contributed by atoms with Gasteiger partial charge in [0, 0.05) is 69.3 Å². The minimum atomic E-state index is -0.256. The highest BCUT2D eigenvalue weighted by Gasteiger charge is 2.39. The summed E-state index contributed by atoms with van der Waals surface area (Å²) in [6.45, 7) is 6.00. The third kappa shape index (κ3) is 5.97. The number of alkyl halides is 1. The molecule has 3 heterocycles. The van der Waals surface area contributed by atoms with Crippen LogP contribution in [0, 0.1) is 6.92 Å². The molecule has 3 aromatic rings. The molecule has 218 valence electrons. The molecule has 5 rings (SSSR count). The zero-order chi connectivity index (χ0) is 29.4. The summed E-state index contributed by atoms with van der Waals surface area (Å²) in [5, 5.41) is 3.22. The van der Waals surface area contributed by atoms with Gasteiger partial charge in [-0.2, -0.15) is 0 Å². The van der Waals surface area contributed by atoms with Crippen LogP contribution in [0.1, 0.15) is 57.8 Å². The molecule has 2 aromatic carbocycles. The molecule has 2 aliphatic heterocycles. The van der Waals surface area contributed by atoms with Crippen molar-refractivity contribution in [2.45, 2.75) is 44.8 Å². The van der Waals surface area contributed by atoms with E-state index in [0.29, 0.717) is 29.1 Å². The molecule has 9 heteroatoms. The van der Waals surface area contributed by atoms with Gasteiger partial charge in [-0.25, -0.2) is 0 Å². The zero-order valence-corrected chi connectivity index (χ0v) is 26.9. The van der Waals surface area contributed by atoms with Gasteiger partial charge in [0.25, 0.3) is 11.8 Å². The van der Waals surface area contributed by atoms with Crippen LogP contribution >= 0.6 is 22.6 Å². The average molecular weight is 670 g/mol. The molecule has 0 unspecified atom stereocenters. The van der Waals surface area contributed by atoms with Crippen molar-refractivity contribution in [2.24, 2.45) is 7.05 Å². The van der Waals surface area contributed by atoms with Gasteiger partial charge in [-0.3, -0.25) is 14.5 Å². The van der Waals surface area contributed by atoms with Crippen LogP contribution in [0.4, 0.5) is 5.69 Å². The van der Waals surface area contributed by atoms with Crippen LogP contribution in [-0.4, -0.2) is 77.1 Å². The monoisotopic (exact) mass is 669 g/mol. The molecule has 0 spiro atoms. The number of benzene rings is 2. The molecular weight excluding hydrogens is 629 g/mol. The number of piperazine rings is 1. The Balaban J connectivity index is 1.36. The molecule has 2 amide bonds. The van der Waals surface area contributed by atoms with Gasteiger partial charge >= 0.3 is 0 Å². The summed E-state index contributed by atoms with van der Waals surface area (Å²) in [6.07, 6.45) is 4.44. The number of hydrogen-bond acceptors (Lipinski definition) is 5. The van der Waals surface area contributed by atoms with Crippen molar-refractivity contribution in [1.82, 2.24) is 19.7 Å². The third-order valence-corrected chi connectivity index (χ3v) is 9.37. The zero-order valence-electron chi connectivity index (χ0n) is 24.8. The predicted molar refractivity (Wildman–Crippen MR) is 172 cm³/mol. The molecule has 2 bridgehead atoms. The van der Waals surface area contributed by atoms with Gasteiger partial charge in [0.1, 0.15) is 11.4 Å². The van der Waals surface area contributed by atoms with Crippen LogP contribution in [-0.2, 0) is 7.05 Å². The summed E-state index contributed by atoms with van der Waals surface area (Å²) in [4.78, 5) is 32.9. The standard InChI is InChI=1S/C32H40IN5O3/c1-20-7-8-25(37-17-26-9-10-27(18-37)38(26)19-33)15-29(20)31(39)34-21(2)22-11-23(13-28(12-22)41-6)24-14-30(36(5)16-24)32(40)35(3)4/h7-8,11-16,21,26-27H,9-10,17-19H2,1-6H3,(H,34,39)/t21-,26-,27+/m1/s1. The van der Waals surface area contributed by atoms with E-state index < -0.39 is 0 Å². The lowest BCUT2D eigenvalue weighted by Gasteiger charge is -2.41. The van der Waals surface area contributed by atoms with Gasteiger partial charge in [0.2, 0.25) is 0 Å².